The van der Waals surface area contributed by atoms with Gasteiger partial charge in [-0.05, 0) is 25.0 Å². The van der Waals surface area contributed by atoms with Crippen molar-refractivity contribution in [3.8, 4) is 0 Å². The molecule has 27 heavy (non-hydrogen) atoms. The molecule has 1 fully saturated rings. The van der Waals surface area contributed by atoms with E-state index in [1.165, 1.54) is 29.9 Å². The summed E-state index contributed by atoms with van der Waals surface area (Å²) in [6.07, 6.45) is -0.979. The Morgan fingerprint density at radius 3 is 2.59 bits per heavy atom. The molecule has 1 saturated heterocycles. The van der Waals surface area contributed by atoms with E-state index in [1.807, 2.05) is 0 Å². The molecule has 1 aliphatic rings. The van der Waals surface area contributed by atoms with Crippen LogP contribution in [0, 0.1) is 0 Å². The van der Waals surface area contributed by atoms with Crippen LogP contribution in [0.5, 0.6) is 0 Å². The molecular weight excluding hydrogens is 363 g/mol. The van der Waals surface area contributed by atoms with Crippen molar-refractivity contribution in [2.75, 3.05) is 13.1 Å². The third-order valence-corrected chi connectivity index (χ3v) is 4.54. The number of rotatable bonds is 3. The number of imidazole rings is 1. The van der Waals surface area contributed by atoms with Gasteiger partial charge in [0.1, 0.15) is 11.5 Å². The van der Waals surface area contributed by atoms with Crippen molar-refractivity contribution in [2.45, 2.75) is 24.9 Å². The summed E-state index contributed by atoms with van der Waals surface area (Å²) >= 11 is 0. The molecule has 0 aliphatic carbocycles. The second kappa shape index (κ2) is 7.01. The largest absolute Gasteiger partial charge is 0.434 e. The molecule has 3 rings (SSSR count). The first-order valence-corrected chi connectivity index (χ1v) is 8.32. The minimum Gasteiger partial charge on any atom is -0.364 e. The summed E-state index contributed by atoms with van der Waals surface area (Å²) in [5, 5.41) is 0. The number of hydrogen-bond acceptors (Lipinski definition) is 4. The molecule has 2 aromatic heterocycles. The van der Waals surface area contributed by atoms with E-state index in [0.717, 1.165) is 6.20 Å². The average molecular weight is 381 g/mol. The van der Waals surface area contributed by atoms with Gasteiger partial charge in [-0.3, -0.25) is 14.6 Å². The zero-order chi connectivity index (χ0) is 19.8. The van der Waals surface area contributed by atoms with Crippen molar-refractivity contribution in [1.82, 2.24) is 19.4 Å². The highest BCUT2D eigenvalue weighted by atomic mass is 19.4. The van der Waals surface area contributed by atoms with E-state index in [2.05, 4.69) is 9.97 Å². The van der Waals surface area contributed by atoms with Gasteiger partial charge in [-0.2, -0.15) is 13.2 Å². The van der Waals surface area contributed by atoms with E-state index >= 15 is 0 Å². The summed E-state index contributed by atoms with van der Waals surface area (Å²) in [5.41, 5.74) is 4.53. The number of piperidine rings is 1. The number of alkyl halides is 3. The number of hydrogen-bond donors (Lipinski definition) is 1. The number of carbonyl (C=O) groups is 2. The lowest BCUT2D eigenvalue weighted by atomic mass is 9.96. The number of amides is 2. The number of halogens is 3. The summed E-state index contributed by atoms with van der Waals surface area (Å²) in [7, 11) is 1.52. The SMILES string of the molecule is Cn1cc(C(F)(F)F)nc1C1CCCN(C(=O)c2ccc(C(N)=O)nc2)C1. The minimum absolute atomic E-state index is 0.0516. The van der Waals surface area contributed by atoms with Crippen LogP contribution in [0.2, 0.25) is 0 Å². The Hall–Kier alpha value is -2.91. The Balaban J connectivity index is 1.77. The molecule has 7 nitrogen and oxygen atoms in total. The molecule has 0 saturated carbocycles. The molecule has 1 unspecified atom stereocenters. The third-order valence-electron chi connectivity index (χ3n) is 4.54. The van der Waals surface area contributed by atoms with Gasteiger partial charge in [0, 0.05) is 38.4 Å². The topological polar surface area (TPSA) is 94.1 Å². The highest BCUT2D eigenvalue weighted by Gasteiger charge is 2.36. The Bertz CT molecular complexity index is 860. The number of likely N-dealkylation sites (tertiary alicyclic amines) is 1. The first-order chi connectivity index (χ1) is 12.7. The molecular formula is C17H18F3N5O2. The maximum atomic E-state index is 12.9. The summed E-state index contributed by atoms with van der Waals surface area (Å²) < 4.78 is 40.0. The van der Waals surface area contributed by atoms with E-state index in [9.17, 15) is 22.8 Å². The van der Waals surface area contributed by atoms with Gasteiger partial charge >= 0.3 is 6.18 Å². The van der Waals surface area contributed by atoms with E-state index in [1.54, 1.807) is 4.90 Å². The van der Waals surface area contributed by atoms with E-state index in [4.69, 9.17) is 5.73 Å². The van der Waals surface area contributed by atoms with E-state index in [-0.39, 0.29) is 29.6 Å². The van der Waals surface area contributed by atoms with Gasteiger partial charge in [0.15, 0.2) is 5.69 Å². The van der Waals surface area contributed by atoms with E-state index in [0.29, 0.717) is 25.2 Å². The fourth-order valence-electron chi connectivity index (χ4n) is 3.22. The standard InChI is InChI=1S/C17H18F3N5O2/c1-24-9-13(17(18,19)20)23-15(24)11-3-2-6-25(8-11)16(27)10-4-5-12(14(21)26)22-7-10/h4-5,7,9,11H,2-3,6,8H2,1H3,(H2,21,26). The second-order valence-corrected chi connectivity index (χ2v) is 6.48. The maximum absolute atomic E-state index is 12.9. The number of nitrogens with zero attached hydrogens (tertiary/aromatic N) is 4. The molecule has 0 radical (unpaired) electrons. The Kier molecular flexibility index (Phi) is 4.90. The van der Waals surface area contributed by atoms with Crippen LogP contribution in [0.4, 0.5) is 13.2 Å². The predicted octanol–water partition coefficient (Wildman–Crippen LogP) is 1.95. The monoisotopic (exact) mass is 381 g/mol. The van der Waals surface area contributed by atoms with Gasteiger partial charge < -0.3 is 15.2 Å². The lowest BCUT2D eigenvalue weighted by Gasteiger charge is -2.32. The molecule has 10 heteroatoms. The van der Waals surface area contributed by atoms with Gasteiger partial charge in [-0.25, -0.2) is 4.98 Å². The van der Waals surface area contributed by atoms with Crippen LogP contribution in [-0.2, 0) is 13.2 Å². The number of primary amides is 1. The quantitative estimate of drug-likeness (QED) is 0.879. The molecule has 144 valence electrons. The molecule has 1 aliphatic heterocycles. The molecule has 1 atom stereocenters. The molecule has 2 aromatic rings. The first kappa shape index (κ1) is 18.9. The van der Waals surface area contributed by atoms with Gasteiger partial charge in [0.2, 0.25) is 0 Å². The van der Waals surface area contributed by atoms with Crippen molar-refractivity contribution in [3.63, 3.8) is 0 Å². The summed E-state index contributed by atoms with van der Waals surface area (Å²) in [4.78, 5) is 32.9. The van der Waals surface area contributed by atoms with Crippen LogP contribution >= 0.6 is 0 Å². The van der Waals surface area contributed by atoms with Gasteiger partial charge in [-0.15, -0.1) is 0 Å². The number of nitrogens with two attached hydrogens (primary N) is 1. The molecule has 0 aromatic carbocycles. The maximum Gasteiger partial charge on any atom is 0.434 e. The van der Waals surface area contributed by atoms with Crippen LogP contribution in [-0.4, -0.2) is 44.3 Å². The smallest absolute Gasteiger partial charge is 0.364 e. The van der Waals surface area contributed by atoms with Crippen molar-refractivity contribution in [2.24, 2.45) is 12.8 Å². The van der Waals surface area contributed by atoms with Gasteiger partial charge in [-0.1, -0.05) is 0 Å². The first-order valence-electron chi connectivity index (χ1n) is 8.32. The van der Waals surface area contributed by atoms with Crippen LogP contribution in [0.1, 0.15) is 51.1 Å². The molecule has 3 heterocycles. The number of pyridine rings is 1. The molecule has 0 spiro atoms. The number of carbonyl (C=O) groups excluding carboxylic acids is 2. The third kappa shape index (κ3) is 3.93. The fraction of sp³-hybridized carbons (Fsp3) is 0.412. The Labute approximate surface area is 153 Å². The van der Waals surface area contributed by atoms with Crippen LogP contribution in [0.15, 0.2) is 24.5 Å². The zero-order valence-corrected chi connectivity index (χ0v) is 14.5. The highest BCUT2D eigenvalue weighted by Crippen LogP contribution is 2.32. The van der Waals surface area contributed by atoms with Crippen molar-refractivity contribution >= 4 is 11.8 Å². The Morgan fingerprint density at radius 1 is 1.30 bits per heavy atom. The predicted molar refractivity (Wildman–Crippen MR) is 88.8 cm³/mol. The number of aryl methyl sites for hydroxylation is 1. The second-order valence-electron chi connectivity index (χ2n) is 6.48. The van der Waals surface area contributed by atoms with E-state index < -0.39 is 17.8 Å². The molecule has 0 bridgehead atoms. The molecule has 2 amide bonds. The van der Waals surface area contributed by atoms with Crippen LogP contribution < -0.4 is 5.73 Å². The van der Waals surface area contributed by atoms with Crippen molar-refractivity contribution in [3.05, 3.63) is 47.3 Å². The van der Waals surface area contributed by atoms with Gasteiger partial charge in [0.25, 0.3) is 11.8 Å². The summed E-state index contributed by atoms with van der Waals surface area (Å²) in [5.74, 6) is -0.973. The normalized spacial score (nSPS) is 17.8. The Morgan fingerprint density at radius 2 is 2.04 bits per heavy atom. The lowest BCUT2D eigenvalue weighted by molar-refractivity contribution is -0.141. The lowest BCUT2D eigenvalue weighted by Crippen LogP contribution is -2.39. The highest BCUT2D eigenvalue weighted by molar-refractivity contribution is 5.95. The van der Waals surface area contributed by atoms with Crippen LogP contribution in [0.25, 0.3) is 0 Å². The fourth-order valence-corrected chi connectivity index (χ4v) is 3.22. The number of aromatic nitrogens is 3. The molecule has 2 N–H and O–H groups in total. The minimum atomic E-state index is -4.51. The summed E-state index contributed by atoms with van der Waals surface area (Å²) in [6.45, 7) is 0.752. The van der Waals surface area contributed by atoms with Crippen molar-refractivity contribution in [1.29, 1.82) is 0 Å². The summed E-state index contributed by atoms with van der Waals surface area (Å²) in [6, 6.07) is 2.83. The zero-order valence-electron chi connectivity index (χ0n) is 14.5. The van der Waals surface area contributed by atoms with Crippen LogP contribution in [0.3, 0.4) is 0 Å². The average Bonchev–Trinajstić information content (AvgIpc) is 3.03. The van der Waals surface area contributed by atoms with Gasteiger partial charge in [0.05, 0.1) is 5.56 Å². The van der Waals surface area contributed by atoms with Crippen molar-refractivity contribution < 1.29 is 22.8 Å².